The van der Waals surface area contributed by atoms with Crippen LogP contribution in [-0.4, -0.2) is 22.8 Å². The molecule has 0 aliphatic carbocycles. The zero-order valence-electron chi connectivity index (χ0n) is 17.3. The standard InChI is InChI=1S/C25H18ClNO5S/c26-20-4-2-1-3-18(20)13-27-24(28)23(33-25(27)29)12-16-5-8-19(9-6-16)30-14-17-7-10-21-22(11-17)32-15-31-21/h1-12H,13-15H2/b23-12-. The third-order valence-corrected chi connectivity index (χ3v) is 6.46. The van der Waals surface area contributed by atoms with Crippen LogP contribution in [0.5, 0.6) is 17.2 Å². The molecule has 5 rings (SSSR count). The van der Waals surface area contributed by atoms with Gasteiger partial charge in [0, 0.05) is 5.02 Å². The number of imide groups is 1. The van der Waals surface area contributed by atoms with E-state index in [0.29, 0.717) is 22.3 Å². The van der Waals surface area contributed by atoms with Crippen molar-refractivity contribution in [3.05, 3.63) is 93.3 Å². The maximum absolute atomic E-state index is 12.8. The number of halogens is 1. The number of ether oxygens (including phenoxy) is 3. The van der Waals surface area contributed by atoms with Crippen LogP contribution in [0, 0.1) is 0 Å². The third-order valence-electron chi connectivity index (χ3n) is 5.18. The number of nitrogens with zero attached hydrogens (tertiary/aromatic N) is 1. The van der Waals surface area contributed by atoms with Crippen molar-refractivity contribution in [3.63, 3.8) is 0 Å². The van der Waals surface area contributed by atoms with Gasteiger partial charge >= 0.3 is 0 Å². The topological polar surface area (TPSA) is 65.1 Å². The van der Waals surface area contributed by atoms with Crippen LogP contribution in [0.3, 0.4) is 0 Å². The zero-order chi connectivity index (χ0) is 22.8. The number of carbonyl (C=O) groups is 2. The number of hydrogen-bond acceptors (Lipinski definition) is 6. The summed E-state index contributed by atoms with van der Waals surface area (Å²) >= 11 is 7.10. The van der Waals surface area contributed by atoms with E-state index in [0.717, 1.165) is 40.0 Å². The Balaban J connectivity index is 1.23. The van der Waals surface area contributed by atoms with E-state index in [1.807, 2.05) is 54.6 Å². The molecular weight excluding hydrogens is 462 g/mol. The predicted octanol–water partition coefficient (Wildman–Crippen LogP) is 5.88. The van der Waals surface area contributed by atoms with Gasteiger partial charge in [0.1, 0.15) is 12.4 Å². The fourth-order valence-electron chi connectivity index (χ4n) is 3.44. The maximum atomic E-state index is 12.8. The van der Waals surface area contributed by atoms with Crippen LogP contribution in [0.2, 0.25) is 5.02 Å². The summed E-state index contributed by atoms with van der Waals surface area (Å²) in [7, 11) is 0. The zero-order valence-corrected chi connectivity index (χ0v) is 18.9. The minimum atomic E-state index is -0.326. The summed E-state index contributed by atoms with van der Waals surface area (Å²) in [5.41, 5.74) is 2.50. The molecule has 33 heavy (non-hydrogen) atoms. The number of hydrogen-bond donors (Lipinski definition) is 0. The number of carbonyl (C=O) groups excluding carboxylic acids is 2. The highest BCUT2D eigenvalue weighted by atomic mass is 35.5. The lowest BCUT2D eigenvalue weighted by Gasteiger charge is -2.13. The van der Waals surface area contributed by atoms with Crippen LogP contribution >= 0.6 is 23.4 Å². The molecule has 1 saturated heterocycles. The number of thioether (sulfide) groups is 1. The van der Waals surface area contributed by atoms with Crippen LogP contribution in [0.25, 0.3) is 6.08 Å². The van der Waals surface area contributed by atoms with E-state index in [1.165, 1.54) is 4.90 Å². The maximum Gasteiger partial charge on any atom is 0.293 e. The molecule has 6 nitrogen and oxygen atoms in total. The van der Waals surface area contributed by atoms with Gasteiger partial charge in [0.05, 0.1) is 11.4 Å². The first-order valence-electron chi connectivity index (χ1n) is 10.2. The molecule has 0 bridgehead atoms. The molecule has 3 aromatic carbocycles. The summed E-state index contributed by atoms with van der Waals surface area (Å²) in [6.45, 7) is 0.770. The normalized spacial score (nSPS) is 16.0. The van der Waals surface area contributed by atoms with Crippen LogP contribution in [0.4, 0.5) is 4.79 Å². The summed E-state index contributed by atoms with van der Waals surface area (Å²) in [6, 6.07) is 20.2. The molecule has 0 radical (unpaired) electrons. The van der Waals surface area contributed by atoms with Gasteiger partial charge < -0.3 is 14.2 Å². The second-order valence-electron chi connectivity index (χ2n) is 7.40. The molecule has 2 aliphatic rings. The van der Waals surface area contributed by atoms with Crippen molar-refractivity contribution in [2.45, 2.75) is 13.2 Å². The van der Waals surface area contributed by atoms with Crippen molar-refractivity contribution in [1.29, 1.82) is 0 Å². The van der Waals surface area contributed by atoms with Crippen LogP contribution in [0.15, 0.2) is 71.6 Å². The van der Waals surface area contributed by atoms with Crippen molar-refractivity contribution in [2.24, 2.45) is 0 Å². The van der Waals surface area contributed by atoms with Gasteiger partial charge in [0.2, 0.25) is 6.79 Å². The van der Waals surface area contributed by atoms with Gasteiger partial charge in [0.15, 0.2) is 11.5 Å². The number of fused-ring (bicyclic) bond motifs is 1. The smallest absolute Gasteiger partial charge is 0.293 e. The third kappa shape index (κ3) is 4.69. The molecule has 0 saturated carbocycles. The second kappa shape index (κ2) is 9.21. The Kier molecular flexibility index (Phi) is 5.98. The Morgan fingerprint density at radius 3 is 2.61 bits per heavy atom. The van der Waals surface area contributed by atoms with E-state index < -0.39 is 0 Å². The van der Waals surface area contributed by atoms with Crippen molar-refractivity contribution < 1.29 is 23.8 Å². The van der Waals surface area contributed by atoms with Gasteiger partial charge in [-0.25, -0.2) is 0 Å². The lowest BCUT2D eigenvalue weighted by Crippen LogP contribution is -2.27. The van der Waals surface area contributed by atoms with Crippen molar-refractivity contribution in [2.75, 3.05) is 6.79 Å². The van der Waals surface area contributed by atoms with E-state index in [4.69, 9.17) is 25.8 Å². The molecule has 0 unspecified atom stereocenters. The van der Waals surface area contributed by atoms with E-state index >= 15 is 0 Å². The first-order chi connectivity index (χ1) is 16.1. The lowest BCUT2D eigenvalue weighted by molar-refractivity contribution is -0.123. The summed E-state index contributed by atoms with van der Waals surface area (Å²) in [5, 5.41) is 0.215. The highest BCUT2D eigenvalue weighted by molar-refractivity contribution is 8.18. The SMILES string of the molecule is O=C1S/C(=C\c2ccc(OCc3ccc4c(c3)OCO4)cc2)C(=O)N1Cc1ccccc1Cl. The molecule has 1 fully saturated rings. The lowest BCUT2D eigenvalue weighted by atomic mass is 10.2. The summed E-state index contributed by atoms with van der Waals surface area (Å²) < 4.78 is 16.5. The van der Waals surface area contributed by atoms with E-state index in [2.05, 4.69) is 0 Å². The number of rotatable bonds is 6. The van der Waals surface area contributed by atoms with Gasteiger partial charge in [-0.1, -0.05) is 48.0 Å². The number of benzene rings is 3. The average Bonchev–Trinajstić information content (AvgIpc) is 3.39. The second-order valence-corrected chi connectivity index (χ2v) is 8.80. The van der Waals surface area contributed by atoms with Crippen LogP contribution in [-0.2, 0) is 17.9 Å². The molecule has 8 heteroatoms. The highest BCUT2D eigenvalue weighted by Crippen LogP contribution is 2.35. The molecular formula is C25H18ClNO5S. The van der Waals surface area contributed by atoms with Crippen LogP contribution < -0.4 is 14.2 Å². The fraction of sp³-hybridized carbons (Fsp3) is 0.120. The van der Waals surface area contributed by atoms with Gasteiger partial charge in [-0.15, -0.1) is 0 Å². The average molecular weight is 480 g/mol. The first-order valence-corrected chi connectivity index (χ1v) is 11.4. The molecule has 2 heterocycles. The molecule has 2 aliphatic heterocycles. The largest absolute Gasteiger partial charge is 0.489 e. The Bertz CT molecular complexity index is 1260. The molecule has 3 aromatic rings. The Labute approximate surface area is 199 Å². The van der Waals surface area contributed by atoms with Gasteiger partial charge in [0.25, 0.3) is 11.1 Å². The number of amides is 2. The fourth-order valence-corrected chi connectivity index (χ4v) is 4.48. The van der Waals surface area contributed by atoms with E-state index in [-0.39, 0.29) is 24.5 Å². The minimum Gasteiger partial charge on any atom is -0.489 e. The molecule has 0 spiro atoms. The monoisotopic (exact) mass is 479 g/mol. The van der Waals surface area contributed by atoms with E-state index in [9.17, 15) is 9.59 Å². The van der Waals surface area contributed by atoms with E-state index in [1.54, 1.807) is 18.2 Å². The van der Waals surface area contributed by atoms with Crippen molar-refractivity contribution in [1.82, 2.24) is 4.90 Å². The van der Waals surface area contributed by atoms with Crippen molar-refractivity contribution >= 4 is 40.6 Å². The summed E-state index contributed by atoms with van der Waals surface area (Å²) in [4.78, 5) is 26.7. The van der Waals surface area contributed by atoms with Crippen molar-refractivity contribution in [3.8, 4) is 17.2 Å². The molecule has 0 atom stereocenters. The molecule has 166 valence electrons. The predicted molar refractivity (Wildman–Crippen MR) is 126 cm³/mol. The summed E-state index contributed by atoms with van der Waals surface area (Å²) in [6.07, 6.45) is 1.71. The van der Waals surface area contributed by atoms with Crippen LogP contribution in [0.1, 0.15) is 16.7 Å². The van der Waals surface area contributed by atoms with Gasteiger partial charge in [-0.2, -0.15) is 0 Å². The van der Waals surface area contributed by atoms with Gasteiger partial charge in [-0.05, 0) is 64.9 Å². The Hall–Kier alpha value is -3.42. The highest BCUT2D eigenvalue weighted by Gasteiger charge is 2.35. The first kappa shape index (κ1) is 21.4. The minimum absolute atomic E-state index is 0.147. The Morgan fingerprint density at radius 1 is 1.00 bits per heavy atom. The quantitative estimate of drug-likeness (QED) is 0.411. The molecule has 0 N–H and O–H groups in total. The molecule has 0 aromatic heterocycles. The Morgan fingerprint density at radius 2 is 1.79 bits per heavy atom. The molecule has 2 amide bonds. The summed E-state index contributed by atoms with van der Waals surface area (Å²) in [5.74, 6) is 1.82. The van der Waals surface area contributed by atoms with Gasteiger partial charge in [-0.3, -0.25) is 14.5 Å².